The number of rotatable bonds is 4. The van der Waals surface area contributed by atoms with Crippen LogP contribution in [-0.2, 0) is 48.4 Å². The van der Waals surface area contributed by atoms with E-state index in [2.05, 4.69) is 62.9 Å². The summed E-state index contributed by atoms with van der Waals surface area (Å²) < 4.78 is 60.8. The van der Waals surface area contributed by atoms with Gasteiger partial charge in [-0.25, -0.2) is 34.5 Å². The van der Waals surface area contributed by atoms with Crippen LogP contribution in [0.15, 0.2) is 25.3 Å². The molecule has 0 amide bonds. The van der Waals surface area contributed by atoms with E-state index < -0.39 is 76.8 Å². The van der Waals surface area contributed by atoms with Crippen LogP contribution in [0.4, 0.5) is 11.6 Å². The quantitative estimate of drug-likeness (QED) is 0.0993. The number of halogens is 1. The number of alkyl halides is 1. The zero-order valence-corrected chi connectivity index (χ0v) is 33.2. The summed E-state index contributed by atoms with van der Waals surface area (Å²) in [6.07, 6.45) is -1.79. The molecule has 4 aromatic rings. The smallest absolute Gasteiger partial charge is 0.386 e. The molecule has 0 aromatic carbocycles. The predicted octanol–water partition coefficient (Wildman–Crippen LogP) is 3.70. The van der Waals surface area contributed by atoms with Crippen molar-refractivity contribution in [2.24, 2.45) is 0 Å². The van der Waals surface area contributed by atoms with E-state index in [1.807, 2.05) is 13.1 Å². The van der Waals surface area contributed by atoms with Gasteiger partial charge in [-0.2, -0.15) is 0 Å². The molecule has 5 N–H and O–H groups in total. The van der Waals surface area contributed by atoms with Crippen LogP contribution in [0, 0.1) is 0 Å². The van der Waals surface area contributed by atoms with Crippen molar-refractivity contribution >= 4 is 91.5 Å². The Labute approximate surface area is 308 Å². The van der Waals surface area contributed by atoms with Gasteiger partial charge in [-0.05, 0) is 29.9 Å². The van der Waals surface area contributed by atoms with Crippen LogP contribution in [0.3, 0.4) is 0 Å². The summed E-state index contributed by atoms with van der Waals surface area (Å²) in [6.45, 7) is 1.19. The molecule has 278 valence electrons. The predicted molar refractivity (Wildman–Crippen MR) is 194 cm³/mol. The summed E-state index contributed by atoms with van der Waals surface area (Å²) in [6, 6.07) is 0. The monoisotopic (exact) mass is 822 g/mol. The van der Waals surface area contributed by atoms with Crippen LogP contribution < -0.4 is 11.5 Å². The third kappa shape index (κ3) is 7.09. The summed E-state index contributed by atoms with van der Waals surface area (Å²) in [5, 5.41) is -1.28. The van der Waals surface area contributed by atoms with Gasteiger partial charge in [-0.3, -0.25) is 22.7 Å². The van der Waals surface area contributed by atoms with Crippen LogP contribution in [0.2, 0.25) is 18.1 Å². The Bertz CT molecular complexity index is 2060. The van der Waals surface area contributed by atoms with E-state index in [4.69, 9.17) is 66.9 Å². The van der Waals surface area contributed by atoms with Gasteiger partial charge in [0.15, 0.2) is 43.7 Å². The highest BCUT2D eigenvalue weighted by Crippen LogP contribution is 2.59. The van der Waals surface area contributed by atoms with Crippen molar-refractivity contribution in [1.29, 1.82) is 0 Å². The molecule has 3 saturated heterocycles. The Morgan fingerprint density at radius 3 is 2.06 bits per heavy atom. The lowest BCUT2D eigenvalue weighted by atomic mass is 10.1. The maximum absolute atomic E-state index is 14.0. The number of nitrogens with two attached hydrogens (primary N) is 2. The van der Waals surface area contributed by atoms with Crippen molar-refractivity contribution in [1.82, 2.24) is 39.0 Å². The summed E-state index contributed by atoms with van der Waals surface area (Å²) in [7, 11) is -2.59. The number of thiol groups is 1. The van der Waals surface area contributed by atoms with Crippen LogP contribution in [-0.4, -0.2) is 101 Å². The molecule has 0 radical (unpaired) electrons. The summed E-state index contributed by atoms with van der Waals surface area (Å²) in [4.78, 5) is 36.9. The molecule has 3 aliphatic heterocycles. The number of aromatic nitrogens is 8. The van der Waals surface area contributed by atoms with Gasteiger partial charge in [0.2, 0.25) is 0 Å². The lowest BCUT2D eigenvalue weighted by Crippen LogP contribution is -2.50. The largest absolute Gasteiger partial charge is 0.408 e. The average molecular weight is 823 g/mol. The van der Waals surface area contributed by atoms with E-state index in [1.165, 1.54) is 29.9 Å². The minimum atomic E-state index is -4.22. The van der Waals surface area contributed by atoms with Gasteiger partial charge >= 0.3 is 13.5 Å². The molecule has 3 unspecified atom stereocenters. The number of fused-ring (bicyclic) bond motifs is 5. The first-order valence-corrected chi connectivity index (χ1v) is 24.3. The van der Waals surface area contributed by atoms with Gasteiger partial charge in [0.05, 0.1) is 25.9 Å². The third-order valence-corrected chi connectivity index (χ3v) is 17.5. The summed E-state index contributed by atoms with van der Waals surface area (Å²) in [5.41, 5.74) is 13.4. The van der Waals surface area contributed by atoms with Crippen molar-refractivity contribution in [2.45, 2.75) is 87.3 Å². The fourth-order valence-electron chi connectivity index (χ4n) is 5.83. The highest BCUT2D eigenvalue weighted by Gasteiger charge is 2.55. The lowest BCUT2D eigenvalue weighted by molar-refractivity contribution is -0.0583. The average Bonchev–Trinajstić information content (AvgIpc) is 3.80. The minimum Gasteiger partial charge on any atom is -0.408 e. The van der Waals surface area contributed by atoms with Crippen molar-refractivity contribution in [3.8, 4) is 0 Å². The number of nitrogen functional groups attached to an aromatic ring is 2. The molecule has 4 aromatic heterocycles. The molecule has 51 heavy (non-hydrogen) atoms. The van der Waals surface area contributed by atoms with E-state index in [1.54, 1.807) is 4.57 Å². The van der Waals surface area contributed by atoms with Crippen LogP contribution in [0.1, 0.15) is 33.2 Å². The molecule has 7 heterocycles. The van der Waals surface area contributed by atoms with Gasteiger partial charge in [-0.15, -0.1) is 11.6 Å². The zero-order chi connectivity index (χ0) is 36.7. The van der Waals surface area contributed by atoms with Crippen LogP contribution >= 0.6 is 37.4 Å². The number of anilines is 2. The first-order valence-electron chi connectivity index (χ1n) is 15.7. The van der Waals surface area contributed by atoms with E-state index >= 15 is 0 Å². The van der Waals surface area contributed by atoms with Gasteiger partial charge in [0, 0.05) is 0 Å². The van der Waals surface area contributed by atoms with E-state index in [0.717, 1.165) is 0 Å². The maximum atomic E-state index is 14.0. The normalized spacial score (nSPS) is 35.4. The van der Waals surface area contributed by atoms with Crippen molar-refractivity contribution in [3.63, 3.8) is 0 Å². The second-order valence-corrected chi connectivity index (χ2v) is 24.7. The van der Waals surface area contributed by atoms with Crippen LogP contribution in [0.5, 0.6) is 0 Å². The molecule has 10 atom stereocenters. The molecule has 0 spiro atoms. The van der Waals surface area contributed by atoms with E-state index in [9.17, 15) is 9.46 Å². The summed E-state index contributed by atoms with van der Waals surface area (Å²) in [5.74, 6) is 0.303. The Morgan fingerprint density at radius 2 is 1.47 bits per heavy atom. The molecular weight excluding hydrogens is 786 g/mol. The Hall–Kier alpha value is -1.88. The minimum absolute atomic E-state index is 0.149. The molecule has 3 aliphatic rings. The number of ether oxygens (including phenoxy) is 2. The fourth-order valence-corrected chi connectivity index (χ4v) is 10.5. The lowest BCUT2D eigenvalue weighted by Gasteiger charge is -2.40. The van der Waals surface area contributed by atoms with E-state index in [-0.39, 0.29) is 23.3 Å². The Kier molecular flexibility index (Phi) is 9.87. The first-order chi connectivity index (χ1) is 23.9. The topological polar surface area (TPSA) is 241 Å². The van der Waals surface area contributed by atoms with Gasteiger partial charge in [-0.1, -0.05) is 33.0 Å². The molecule has 3 fully saturated rings. The van der Waals surface area contributed by atoms with Crippen molar-refractivity contribution in [3.05, 3.63) is 25.3 Å². The number of hydrogen-bond donors (Lipinski definition) is 4. The molecule has 0 aliphatic carbocycles. The SMILES string of the molecule is CC(C)(C)[Si](C)(C)OC1[C@H]2OP(O)(=S)OC[C@H]3O[C@@H](n4cnc5c(N)ncnc54)[C@H](Cl)[C@@H]3OP(=O)(S)OC[C@H]1O[C@H]2n1cnc2c(N)ncnc21. The summed E-state index contributed by atoms with van der Waals surface area (Å²) >= 11 is 16.8. The maximum Gasteiger partial charge on any atom is 0.386 e. The molecule has 25 heteroatoms. The first kappa shape index (κ1) is 37.4. The molecular formula is C26H37ClN10O9P2S2Si. The molecule has 7 rings (SSSR count). The van der Waals surface area contributed by atoms with Crippen molar-refractivity contribution in [2.75, 3.05) is 24.7 Å². The second-order valence-electron chi connectivity index (χ2n) is 13.8. The zero-order valence-electron chi connectivity index (χ0n) is 27.9. The molecule has 2 bridgehead atoms. The van der Waals surface area contributed by atoms with Gasteiger partial charge in [0.25, 0.3) is 0 Å². The number of nitrogens with zero attached hydrogens (tertiary/aromatic N) is 8. The highest BCUT2D eigenvalue weighted by atomic mass is 35.5. The van der Waals surface area contributed by atoms with E-state index in [0.29, 0.717) is 22.3 Å². The highest BCUT2D eigenvalue weighted by molar-refractivity contribution is 8.44. The third-order valence-electron chi connectivity index (χ3n) is 9.43. The van der Waals surface area contributed by atoms with Gasteiger partial charge in [0.1, 0.15) is 59.6 Å². The number of imidazole rings is 2. The van der Waals surface area contributed by atoms with Gasteiger partial charge < -0.3 is 34.8 Å². The van der Waals surface area contributed by atoms with Crippen LogP contribution in [0.25, 0.3) is 22.3 Å². The van der Waals surface area contributed by atoms with Crippen molar-refractivity contribution < 1.29 is 41.5 Å². The second kappa shape index (κ2) is 13.5. The number of hydrogen-bond acceptors (Lipinski definition) is 17. The molecule has 19 nitrogen and oxygen atoms in total. The Balaban J connectivity index is 1.25. The molecule has 0 saturated carbocycles. The Morgan fingerprint density at radius 1 is 0.922 bits per heavy atom. The standard InChI is InChI=1S/C26H37ClN10O9P2S2Si/c1-26(2,3)51(4,5)46-18-13-7-41-47(38,49)44-17-12(42-24(14(17)27)36-10-34-15-20(28)30-8-32-22(15)36)6-40-48(39,50)45-19(18)25(43-13)37-11-35-16-21(29)31-9-33-23(16)37/h8-14,17-19,24-25H,6-7H2,1-5H3,(H,38,49)(H,39,50)(H2,28,30,32)(H2,29,31,33)/t12-,13-,14-,17-,18?,19-,24-,25-,47?,48?/m1/s1. The fraction of sp³-hybridized carbons (Fsp3) is 0.615.